The van der Waals surface area contributed by atoms with Crippen LogP contribution in [0.1, 0.15) is 114 Å². The summed E-state index contributed by atoms with van der Waals surface area (Å²) in [5.41, 5.74) is 2.57. The van der Waals surface area contributed by atoms with Crippen LogP contribution in [-0.2, 0) is 30.1 Å². The van der Waals surface area contributed by atoms with E-state index in [4.69, 9.17) is 13.9 Å². The quantitative estimate of drug-likeness (QED) is 0.0647. The van der Waals surface area contributed by atoms with E-state index in [-0.39, 0.29) is 11.6 Å². The highest BCUT2D eigenvalue weighted by atomic mass is 28.4. The van der Waals surface area contributed by atoms with Crippen LogP contribution >= 0.6 is 0 Å². The average molecular weight is 659 g/mol. The van der Waals surface area contributed by atoms with Crippen LogP contribution in [0.25, 0.3) is 0 Å². The van der Waals surface area contributed by atoms with Gasteiger partial charge in [-0.15, -0.1) is 0 Å². The first kappa shape index (κ1) is 38.2. The molecular weight excluding hydrogens is 601 g/mol. The molecule has 0 bridgehead atoms. The molecule has 47 heavy (non-hydrogen) atoms. The number of unbranched alkanes of at least 4 members (excludes halogenated alkanes) is 9. The van der Waals surface area contributed by atoms with Gasteiger partial charge in [-0.2, -0.15) is 0 Å². The lowest BCUT2D eigenvalue weighted by atomic mass is 9.91. The normalized spacial score (nSPS) is 12.6. The lowest BCUT2D eigenvalue weighted by Crippen LogP contribution is -2.40. The number of esters is 2. The van der Waals surface area contributed by atoms with Gasteiger partial charge in [-0.3, -0.25) is 4.79 Å². The van der Waals surface area contributed by atoms with Gasteiger partial charge in [-0.1, -0.05) is 163 Å². The second-order valence-electron chi connectivity index (χ2n) is 14.2. The molecule has 3 aromatic carbocycles. The van der Waals surface area contributed by atoms with Crippen molar-refractivity contribution in [1.82, 2.24) is 0 Å². The highest BCUT2D eigenvalue weighted by Crippen LogP contribution is 2.36. The van der Waals surface area contributed by atoms with E-state index in [9.17, 15) is 9.59 Å². The molecule has 256 valence electrons. The summed E-state index contributed by atoms with van der Waals surface area (Å²) in [6.45, 7) is 12.6. The van der Waals surface area contributed by atoms with Gasteiger partial charge >= 0.3 is 11.9 Å². The number of carbonyl (C=O) groups is 2. The molecule has 3 aromatic rings. The van der Waals surface area contributed by atoms with Gasteiger partial charge in [0.25, 0.3) is 0 Å². The van der Waals surface area contributed by atoms with Gasteiger partial charge in [-0.05, 0) is 54.1 Å². The number of hydrogen-bond acceptors (Lipinski definition) is 5. The van der Waals surface area contributed by atoms with Gasteiger partial charge in [0.15, 0.2) is 14.4 Å². The molecule has 0 saturated carbocycles. The molecule has 0 amide bonds. The Morgan fingerprint density at radius 1 is 0.617 bits per heavy atom. The van der Waals surface area contributed by atoms with Gasteiger partial charge in [-0.25, -0.2) is 4.79 Å². The van der Waals surface area contributed by atoms with Crippen molar-refractivity contribution in [2.24, 2.45) is 0 Å². The van der Waals surface area contributed by atoms with Crippen molar-refractivity contribution in [3.63, 3.8) is 0 Å². The summed E-state index contributed by atoms with van der Waals surface area (Å²) in [6.07, 6.45) is 11.0. The molecule has 0 aromatic heterocycles. The minimum atomic E-state index is -1.63. The van der Waals surface area contributed by atoms with Crippen molar-refractivity contribution in [2.45, 2.75) is 128 Å². The Balaban J connectivity index is 1.43. The fourth-order valence-electron chi connectivity index (χ4n) is 5.40. The molecule has 0 radical (unpaired) electrons. The molecule has 0 fully saturated rings. The Kier molecular flexibility index (Phi) is 16.4. The summed E-state index contributed by atoms with van der Waals surface area (Å²) in [6, 6.07) is 28.8. The number of carbonyl (C=O) groups excluding carboxylic acids is 2. The zero-order valence-corrected chi connectivity index (χ0v) is 30.5. The number of hydrogen-bond donors (Lipinski definition) is 0. The first-order chi connectivity index (χ1) is 22.6. The van der Waals surface area contributed by atoms with E-state index in [0.29, 0.717) is 6.42 Å². The molecule has 0 aliphatic heterocycles. The van der Waals surface area contributed by atoms with Crippen molar-refractivity contribution < 1.29 is 23.5 Å². The molecule has 1 atom stereocenters. The van der Waals surface area contributed by atoms with E-state index in [2.05, 4.69) is 33.9 Å². The first-order valence-electron chi connectivity index (χ1n) is 17.7. The highest BCUT2D eigenvalue weighted by Gasteiger charge is 2.36. The fraction of sp³-hybridized carbons (Fsp3) is 0.512. The maximum absolute atomic E-state index is 13.7. The third-order valence-corrected chi connectivity index (χ3v) is 13.9. The van der Waals surface area contributed by atoms with Gasteiger partial charge in [0, 0.05) is 6.61 Å². The van der Waals surface area contributed by atoms with Crippen molar-refractivity contribution in [1.29, 1.82) is 0 Å². The lowest BCUT2D eigenvalue weighted by Gasteiger charge is -2.36. The predicted octanol–water partition coefficient (Wildman–Crippen LogP) is 10.8. The maximum atomic E-state index is 13.7. The smallest absolute Gasteiger partial charge is 0.347 e. The molecule has 6 heteroatoms. The summed E-state index contributed by atoms with van der Waals surface area (Å²) < 4.78 is 17.9. The third-order valence-electron chi connectivity index (χ3n) is 9.38. The minimum absolute atomic E-state index is 0.151. The van der Waals surface area contributed by atoms with E-state index < -0.39 is 32.3 Å². The molecule has 0 aliphatic carbocycles. The highest BCUT2D eigenvalue weighted by molar-refractivity contribution is 6.74. The van der Waals surface area contributed by atoms with Gasteiger partial charge < -0.3 is 13.9 Å². The zero-order valence-electron chi connectivity index (χ0n) is 29.5. The van der Waals surface area contributed by atoms with Crippen LogP contribution in [0, 0.1) is 0 Å². The molecular formula is C41H58O5Si. The Hall–Kier alpha value is -3.22. The molecule has 0 N–H and O–H groups in total. The van der Waals surface area contributed by atoms with E-state index in [0.717, 1.165) is 49.0 Å². The van der Waals surface area contributed by atoms with E-state index in [1.54, 1.807) is 0 Å². The molecule has 0 saturated heterocycles. The summed E-state index contributed by atoms with van der Waals surface area (Å²) in [4.78, 5) is 27.0. The monoisotopic (exact) mass is 658 g/mol. The number of rotatable bonds is 21. The van der Waals surface area contributed by atoms with Crippen LogP contribution in [0.2, 0.25) is 18.1 Å². The number of benzene rings is 3. The van der Waals surface area contributed by atoms with Crippen LogP contribution in [0.4, 0.5) is 0 Å². The fourth-order valence-corrected chi connectivity index (χ4v) is 6.49. The van der Waals surface area contributed by atoms with Crippen molar-refractivity contribution in [2.75, 3.05) is 6.61 Å². The van der Waals surface area contributed by atoms with Crippen LogP contribution in [0.5, 0.6) is 0 Å². The van der Waals surface area contributed by atoms with E-state index >= 15 is 0 Å². The first-order valence-corrected chi connectivity index (χ1v) is 20.6. The summed E-state index contributed by atoms with van der Waals surface area (Å²) >= 11 is 0. The zero-order chi connectivity index (χ0) is 34.0. The second-order valence-corrected chi connectivity index (χ2v) is 19.0. The maximum Gasteiger partial charge on any atom is 0.347 e. The Bertz CT molecular complexity index is 1250. The van der Waals surface area contributed by atoms with Crippen LogP contribution in [-0.4, -0.2) is 33.0 Å². The molecule has 3 rings (SSSR count). The number of ether oxygens (including phenoxy) is 2. The average Bonchev–Trinajstić information content (AvgIpc) is 3.06. The summed E-state index contributed by atoms with van der Waals surface area (Å²) in [7, 11) is -1.63. The van der Waals surface area contributed by atoms with Crippen molar-refractivity contribution >= 4 is 20.3 Å². The summed E-state index contributed by atoms with van der Waals surface area (Å²) in [5.74, 6) is -1.54. The third kappa shape index (κ3) is 13.8. The van der Waals surface area contributed by atoms with Gasteiger partial charge in [0.1, 0.15) is 12.5 Å². The molecule has 0 spiro atoms. The van der Waals surface area contributed by atoms with Crippen molar-refractivity contribution in [3.05, 3.63) is 108 Å². The topological polar surface area (TPSA) is 61.8 Å². The van der Waals surface area contributed by atoms with Crippen LogP contribution in [0.15, 0.2) is 91.0 Å². The Morgan fingerprint density at radius 2 is 1.06 bits per heavy atom. The van der Waals surface area contributed by atoms with Crippen LogP contribution < -0.4 is 0 Å². The predicted molar refractivity (Wildman–Crippen MR) is 195 cm³/mol. The molecule has 0 heterocycles. The standard InChI is InChI=1S/C41H58O5Si/c1-41(2,3)47(4,5)45-32-24-13-11-9-7-6-8-10-12-23-31-37(39(42)44-33-34-25-17-14-18-26-34)46-40(43)38(35-27-19-15-20-28-35)36-29-21-16-22-30-36/h14-22,25-30,37-38H,6-13,23-24,31-33H2,1-5H3/t37-/m1/s1. The molecule has 5 nitrogen and oxygen atoms in total. The van der Waals surface area contributed by atoms with Gasteiger partial charge in [0.2, 0.25) is 0 Å². The SMILES string of the molecule is CC(C)(C)[Si](C)(C)OCCCCCCCCCCCC[C@@H](OC(=O)C(c1ccccc1)c1ccccc1)C(=O)OCc1ccccc1. The van der Waals surface area contributed by atoms with E-state index in [1.807, 2.05) is 91.0 Å². The minimum Gasteiger partial charge on any atom is -0.458 e. The summed E-state index contributed by atoms with van der Waals surface area (Å²) in [5, 5.41) is 0.276. The Labute approximate surface area is 285 Å². The van der Waals surface area contributed by atoms with Crippen LogP contribution in [0.3, 0.4) is 0 Å². The largest absolute Gasteiger partial charge is 0.458 e. The Morgan fingerprint density at radius 3 is 1.55 bits per heavy atom. The van der Waals surface area contributed by atoms with Gasteiger partial charge in [0.05, 0.1) is 0 Å². The van der Waals surface area contributed by atoms with Crippen molar-refractivity contribution in [3.8, 4) is 0 Å². The molecule has 0 aliphatic rings. The second kappa shape index (κ2) is 20.2. The van der Waals surface area contributed by atoms with E-state index in [1.165, 1.54) is 38.5 Å². The molecule has 0 unspecified atom stereocenters. The lowest BCUT2D eigenvalue weighted by molar-refractivity contribution is -0.169.